The van der Waals surface area contributed by atoms with E-state index < -0.39 is 5.54 Å². The van der Waals surface area contributed by atoms with Crippen molar-refractivity contribution < 1.29 is 4.79 Å². The molecule has 2 aromatic heterocycles. The van der Waals surface area contributed by atoms with Gasteiger partial charge in [-0.1, -0.05) is 36.0 Å². The van der Waals surface area contributed by atoms with Crippen LogP contribution < -0.4 is 10.2 Å². The third-order valence-electron chi connectivity index (χ3n) is 6.42. The number of carbonyl (C=O) groups is 1. The summed E-state index contributed by atoms with van der Waals surface area (Å²) in [6.07, 6.45) is 4.34. The third-order valence-corrected chi connectivity index (χ3v) is 8.49. The summed E-state index contributed by atoms with van der Waals surface area (Å²) in [7, 11) is 0. The summed E-state index contributed by atoms with van der Waals surface area (Å²) < 4.78 is 0. The molecule has 1 N–H and O–H groups in total. The predicted molar refractivity (Wildman–Crippen MR) is 130 cm³/mol. The van der Waals surface area contributed by atoms with E-state index in [1.54, 1.807) is 23.1 Å². The highest BCUT2D eigenvalue weighted by Crippen LogP contribution is 2.48. The number of rotatable bonds is 4. The van der Waals surface area contributed by atoms with Crippen LogP contribution in [0.3, 0.4) is 0 Å². The molecule has 1 saturated heterocycles. The number of aliphatic imine (C=N–C) groups is 1. The second kappa shape index (κ2) is 8.01. The molecule has 162 valence electrons. The van der Waals surface area contributed by atoms with Crippen LogP contribution in [0.5, 0.6) is 0 Å². The topological polar surface area (TPSA) is 70.5 Å². The van der Waals surface area contributed by atoms with Crippen molar-refractivity contribution in [3.05, 3.63) is 76.2 Å². The predicted octanol–water partition coefficient (Wildman–Crippen LogP) is 4.28. The van der Waals surface area contributed by atoms with Crippen LogP contribution in [0.1, 0.15) is 39.7 Å². The summed E-state index contributed by atoms with van der Waals surface area (Å²) in [5.41, 5.74) is 1.41. The van der Waals surface area contributed by atoms with Gasteiger partial charge in [-0.3, -0.25) is 4.79 Å². The SMILES string of the molecule is O=C(NC1=N[C@@]2(c3cccs3)CN(c3nccc(C4CC4)n3)C[C@H]2CS1)c1ccccc1. The van der Waals surface area contributed by atoms with Gasteiger partial charge in [-0.2, -0.15) is 0 Å². The molecule has 0 unspecified atom stereocenters. The first-order chi connectivity index (χ1) is 15.7. The summed E-state index contributed by atoms with van der Waals surface area (Å²) >= 11 is 3.36. The van der Waals surface area contributed by atoms with Gasteiger partial charge in [-0.05, 0) is 42.5 Å². The van der Waals surface area contributed by atoms with Crippen molar-refractivity contribution in [3.63, 3.8) is 0 Å². The van der Waals surface area contributed by atoms with Crippen molar-refractivity contribution in [1.82, 2.24) is 15.3 Å². The lowest BCUT2D eigenvalue weighted by molar-refractivity contribution is 0.0977. The third kappa shape index (κ3) is 3.61. The number of thioether (sulfide) groups is 1. The normalized spacial score (nSPS) is 24.7. The van der Waals surface area contributed by atoms with E-state index in [0.717, 1.165) is 30.5 Å². The van der Waals surface area contributed by atoms with E-state index >= 15 is 0 Å². The number of carbonyl (C=O) groups excluding carboxylic acids is 1. The van der Waals surface area contributed by atoms with Crippen molar-refractivity contribution in [2.24, 2.45) is 10.9 Å². The minimum Gasteiger partial charge on any atom is -0.338 e. The molecule has 2 fully saturated rings. The molecular weight excluding hydrogens is 438 g/mol. The lowest BCUT2D eigenvalue weighted by Gasteiger charge is -2.34. The van der Waals surface area contributed by atoms with Gasteiger partial charge in [0, 0.05) is 46.5 Å². The number of fused-ring (bicyclic) bond motifs is 1. The Morgan fingerprint density at radius 2 is 2.00 bits per heavy atom. The van der Waals surface area contributed by atoms with E-state index in [9.17, 15) is 4.79 Å². The van der Waals surface area contributed by atoms with Crippen LogP contribution in [0.25, 0.3) is 0 Å². The number of thiophene rings is 1. The summed E-state index contributed by atoms with van der Waals surface area (Å²) in [6.45, 7) is 1.58. The van der Waals surface area contributed by atoms with Gasteiger partial charge in [0.15, 0.2) is 5.17 Å². The summed E-state index contributed by atoms with van der Waals surface area (Å²) in [5, 5.41) is 5.85. The molecule has 1 aromatic carbocycles. The molecule has 3 aliphatic rings. The molecule has 0 spiro atoms. The smallest absolute Gasteiger partial charge is 0.257 e. The van der Waals surface area contributed by atoms with Crippen LogP contribution in [0.4, 0.5) is 5.95 Å². The van der Waals surface area contributed by atoms with Gasteiger partial charge in [0.05, 0.1) is 6.54 Å². The van der Waals surface area contributed by atoms with Gasteiger partial charge >= 0.3 is 0 Å². The van der Waals surface area contributed by atoms with E-state index in [4.69, 9.17) is 9.98 Å². The molecule has 4 heterocycles. The molecule has 1 amide bonds. The molecule has 3 aromatic rings. The van der Waals surface area contributed by atoms with Crippen molar-refractivity contribution in [2.75, 3.05) is 23.7 Å². The van der Waals surface area contributed by atoms with E-state index in [2.05, 4.69) is 32.7 Å². The van der Waals surface area contributed by atoms with Crippen LogP contribution in [-0.4, -0.2) is 39.9 Å². The number of amidine groups is 1. The van der Waals surface area contributed by atoms with Gasteiger partial charge in [0.2, 0.25) is 5.95 Å². The minimum atomic E-state index is -0.391. The highest BCUT2D eigenvalue weighted by Gasteiger charge is 2.51. The fraction of sp³-hybridized carbons (Fsp3) is 0.333. The van der Waals surface area contributed by atoms with Gasteiger partial charge < -0.3 is 10.2 Å². The number of hydrogen-bond donors (Lipinski definition) is 1. The fourth-order valence-electron chi connectivity index (χ4n) is 4.57. The largest absolute Gasteiger partial charge is 0.338 e. The minimum absolute atomic E-state index is 0.119. The molecule has 6 rings (SSSR count). The zero-order valence-corrected chi connectivity index (χ0v) is 19.1. The molecule has 6 nitrogen and oxygen atoms in total. The average molecular weight is 462 g/mol. The maximum atomic E-state index is 12.8. The van der Waals surface area contributed by atoms with Gasteiger partial charge in [-0.15, -0.1) is 11.3 Å². The Kier molecular flexibility index (Phi) is 4.99. The van der Waals surface area contributed by atoms with Crippen molar-refractivity contribution in [3.8, 4) is 0 Å². The highest BCUT2D eigenvalue weighted by atomic mass is 32.2. The van der Waals surface area contributed by atoms with Crippen molar-refractivity contribution in [2.45, 2.75) is 24.3 Å². The maximum Gasteiger partial charge on any atom is 0.257 e. The molecule has 1 saturated carbocycles. The summed E-state index contributed by atoms with van der Waals surface area (Å²) in [4.78, 5) is 30.9. The Labute approximate surface area is 195 Å². The van der Waals surface area contributed by atoms with Crippen LogP contribution in [0.15, 0.2) is 65.1 Å². The molecular formula is C24H23N5OS2. The highest BCUT2D eigenvalue weighted by molar-refractivity contribution is 8.13. The fourth-order valence-corrected chi connectivity index (χ4v) is 6.64. The number of amides is 1. The van der Waals surface area contributed by atoms with Gasteiger partial charge in [0.1, 0.15) is 5.54 Å². The van der Waals surface area contributed by atoms with E-state index in [1.807, 2.05) is 42.6 Å². The van der Waals surface area contributed by atoms with Crippen molar-refractivity contribution >= 4 is 40.1 Å². The monoisotopic (exact) mass is 461 g/mol. The molecule has 0 bridgehead atoms. The standard InChI is InChI=1S/C24H23N5OS2/c30-21(17-5-2-1-3-6-17)27-23-28-24(20-7-4-12-31-20)15-29(13-18(24)14-32-23)22-25-11-10-19(26-22)16-8-9-16/h1-7,10-12,16,18H,8-9,13-15H2,(H,27,28,30)/t18-,24-/m0/s1. The first-order valence-corrected chi connectivity index (χ1v) is 12.8. The number of anilines is 1. The zero-order valence-electron chi connectivity index (χ0n) is 17.5. The Balaban J connectivity index is 1.32. The number of nitrogens with one attached hydrogen (secondary N) is 1. The molecule has 2 aliphatic heterocycles. The average Bonchev–Trinajstić information content (AvgIpc) is 3.38. The maximum absolute atomic E-state index is 12.8. The Bertz CT molecular complexity index is 1160. The quantitative estimate of drug-likeness (QED) is 0.628. The van der Waals surface area contributed by atoms with E-state index in [-0.39, 0.29) is 5.91 Å². The first kappa shape index (κ1) is 19.9. The van der Waals surface area contributed by atoms with E-state index in [1.165, 1.54) is 17.7 Å². The number of benzene rings is 1. The molecule has 8 heteroatoms. The molecule has 1 aliphatic carbocycles. The second-order valence-corrected chi connectivity index (χ2v) is 10.5. The lowest BCUT2D eigenvalue weighted by atomic mass is 9.87. The second-order valence-electron chi connectivity index (χ2n) is 8.58. The first-order valence-electron chi connectivity index (χ1n) is 10.9. The van der Waals surface area contributed by atoms with Crippen LogP contribution in [0, 0.1) is 5.92 Å². The Hall–Kier alpha value is -2.71. The van der Waals surface area contributed by atoms with Crippen molar-refractivity contribution in [1.29, 1.82) is 0 Å². The Morgan fingerprint density at radius 1 is 1.12 bits per heavy atom. The van der Waals surface area contributed by atoms with Crippen LogP contribution >= 0.6 is 23.1 Å². The van der Waals surface area contributed by atoms with Crippen LogP contribution in [-0.2, 0) is 5.54 Å². The number of nitrogens with zero attached hydrogens (tertiary/aromatic N) is 4. The molecule has 32 heavy (non-hydrogen) atoms. The zero-order chi connectivity index (χ0) is 21.5. The Morgan fingerprint density at radius 3 is 2.78 bits per heavy atom. The summed E-state index contributed by atoms with van der Waals surface area (Å²) in [6, 6.07) is 15.6. The van der Waals surface area contributed by atoms with E-state index in [0.29, 0.717) is 22.6 Å². The molecule has 0 radical (unpaired) electrons. The van der Waals surface area contributed by atoms with Gasteiger partial charge in [0.25, 0.3) is 5.91 Å². The van der Waals surface area contributed by atoms with Crippen LogP contribution in [0.2, 0.25) is 0 Å². The number of aromatic nitrogens is 2. The summed E-state index contributed by atoms with van der Waals surface area (Å²) in [5.74, 6) is 2.50. The molecule has 2 atom stereocenters. The lowest BCUT2D eigenvalue weighted by Crippen LogP contribution is -2.42. The van der Waals surface area contributed by atoms with Gasteiger partial charge in [-0.25, -0.2) is 15.0 Å². The number of hydrogen-bond acceptors (Lipinski definition) is 7.